The number of aliphatic hydroxyl groups is 9. The predicted octanol–water partition coefficient (Wildman–Crippen LogP) is -6.08. The van der Waals surface area contributed by atoms with Gasteiger partial charge in [-0.1, -0.05) is 0 Å². The molecule has 3 saturated heterocycles. The SMILES string of the molecule is CO[C@@H]1O[C@H](CO)[C@@H](O[C@@H]2O[C@H](CO)[C@@H](O[C@H]3[CH-][C@@H](O)[C@@H](O)[C@@H](CO)O3)[C@H](O)[C@H]2O)[C@H](O)[C@H]1O.[Re]. The summed E-state index contributed by atoms with van der Waals surface area (Å²) in [5.74, 6) is 0. The van der Waals surface area contributed by atoms with Crippen LogP contribution in [-0.4, -0.2) is 159 Å². The molecular weight excluding hydrogens is 654 g/mol. The molecule has 3 fully saturated rings. The van der Waals surface area contributed by atoms with Crippen LogP contribution in [0.15, 0.2) is 0 Å². The van der Waals surface area contributed by atoms with E-state index in [1.165, 1.54) is 7.11 Å². The molecule has 3 aliphatic heterocycles. The molecule has 0 amide bonds. The molecule has 0 unspecified atom stereocenters. The molecular formula is C19H33O15Re-. The van der Waals surface area contributed by atoms with Crippen molar-refractivity contribution in [1.82, 2.24) is 0 Å². The summed E-state index contributed by atoms with van der Waals surface area (Å²) < 4.78 is 32.1. The van der Waals surface area contributed by atoms with Crippen molar-refractivity contribution in [1.29, 1.82) is 0 Å². The molecule has 0 saturated carbocycles. The van der Waals surface area contributed by atoms with Crippen LogP contribution in [0, 0.1) is 6.42 Å². The Balaban J connectivity index is 0.00000432. The van der Waals surface area contributed by atoms with Gasteiger partial charge in [0.15, 0.2) is 12.6 Å². The number of hydrogen-bond donors (Lipinski definition) is 9. The Morgan fingerprint density at radius 1 is 0.629 bits per heavy atom. The van der Waals surface area contributed by atoms with E-state index in [1.807, 2.05) is 0 Å². The molecule has 35 heavy (non-hydrogen) atoms. The van der Waals surface area contributed by atoms with E-state index in [0.717, 1.165) is 6.42 Å². The average Bonchev–Trinajstić information content (AvgIpc) is 2.83. The van der Waals surface area contributed by atoms with Gasteiger partial charge >= 0.3 is 0 Å². The van der Waals surface area contributed by atoms with Gasteiger partial charge in [0.25, 0.3) is 0 Å². The van der Waals surface area contributed by atoms with E-state index in [2.05, 4.69) is 0 Å². The van der Waals surface area contributed by atoms with Crippen molar-refractivity contribution in [3.63, 3.8) is 0 Å². The van der Waals surface area contributed by atoms with Crippen LogP contribution in [0.4, 0.5) is 0 Å². The Kier molecular flexibility index (Phi) is 12.3. The molecule has 3 rings (SSSR count). The molecule has 15 nitrogen and oxygen atoms in total. The summed E-state index contributed by atoms with van der Waals surface area (Å²) in [7, 11) is 1.22. The Hall–Kier alpha value is 0.0623. The molecule has 207 valence electrons. The molecule has 14 atom stereocenters. The van der Waals surface area contributed by atoms with Gasteiger partial charge in [0.2, 0.25) is 0 Å². The molecule has 0 aromatic rings. The zero-order valence-electron chi connectivity index (χ0n) is 18.6. The third-order valence-corrected chi connectivity index (χ3v) is 6.03. The van der Waals surface area contributed by atoms with Crippen molar-refractivity contribution < 1.29 is 94.8 Å². The van der Waals surface area contributed by atoms with Crippen molar-refractivity contribution in [3.05, 3.63) is 6.42 Å². The van der Waals surface area contributed by atoms with E-state index >= 15 is 0 Å². The van der Waals surface area contributed by atoms with Crippen LogP contribution >= 0.6 is 0 Å². The van der Waals surface area contributed by atoms with Crippen LogP contribution in [0.1, 0.15) is 0 Å². The first-order valence-electron chi connectivity index (χ1n) is 10.7. The van der Waals surface area contributed by atoms with Crippen molar-refractivity contribution in [2.24, 2.45) is 0 Å². The van der Waals surface area contributed by atoms with E-state index < -0.39 is 106 Å². The van der Waals surface area contributed by atoms with Gasteiger partial charge in [0.05, 0.1) is 25.9 Å². The van der Waals surface area contributed by atoms with Crippen LogP contribution in [0.3, 0.4) is 0 Å². The molecule has 0 aromatic carbocycles. The minimum atomic E-state index is -1.80. The van der Waals surface area contributed by atoms with Crippen LogP contribution < -0.4 is 0 Å². The van der Waals surface area contributed by atoms with Gasteiger partial charge in [-0.25, -0.2) is 6.42 Å². The Bertz CT molecular complexity index is 629. The summed E-state index contributed by atoms with van der Waals surface area (Å²) in [6.07, 6.45) is -19.2. The second kappa shape index (κ2) is 13.7. The Morgan fingerprint density at radius 3 is 1.63 bits per heavy atom. The smallest absolute Gasteiger partial charge is 0.187 e. The van der Waals surface area contributed by atoms with E-state index in [4.69, 9.17) is 28.4 Å². The van der Waals surface area contributed by atoms with Crippen LogP contribution in [0.25, 0.3) is 0 Å². The molecule has 3 heterocycles. The summed E-state index contributed by atoms with van der Waals surface area (Å²) in [5, 5.41) is 90.1. The zero-order chi connectivity index (χ0) is 25.2. The van der Waals surface area contributed by atoms with Gasteiger partial charge in [0.1, 0.15) is 54.9 Å². The van der Waals surface area contributed by atoms with E-state index in [1.54, 1.807) is 0 Å². The summed E-state index contributed by atoms with van der Waals surface area (Å²) in [6, 6.07) is 0. The second-order valence-corrected chi connectivity index (χ2v) is 8.25. The van der Waals surface area contributed by atoms with Gasteiger partial charge < -0.3 is 74.4 Å². The fraction of sp³-hybridized carbons (Fsp3) is 0.947. The standard InChI is InChI=1S/C19H33O15.Re/c1-29-18-14(27)12(25)17(9(5-22)31-18)34-19-15(28)13(26)16(8(4-21)32-19)33-10-2-6(23)11(24)7(3-20)30-10;/h2,6-28H,3-5H2,1H3;/q-1;/t6-,7-,8-,9-,10+,11-,12-,13-,14-,15-,16-,17-,18-,19+;/m1./s1. The van der Waals surface area contributed by atoms with Gasteiger partial charge in [-0.15, -0.1) is 0 Å². The van der Waals surface area contributed by atoms with Crippen molar-refractivity contribution in [2.75, 3.05) is 26.9 Å². The minimum absolute atomic E-state index is 0. The maximum Gasteiger partial charge on any atom is 0.187 e. The third kappa shape index (κ3) is 6.74. The molecule has 9 N–H and O–H groups in total. The summed E-state index contributed by atoms with van der Waals surface area (Å²) >= 11 is 0. The number of methoxy groups -OCH3 is 1. The van der Waals surface area contributed by atoms with Crippen LogP contribution in [0.5, 0.6) is 0 Å². The monoisotopic (exact) mass is 688 g/mol. The maximum absolute atomic E-state index is 10.6. The topological polar surface area (TPSA) is 237 Å². The molecule has 3 aliphatic rings. The largest absolute Gasteiger partial charge is 0.422 e. The van der Waals surface area contributed by atoms with Gasteiger partial charge in [0, 0.05) is 33.8 Å². The number of rotatable bonds is 8. The number of hydrogen-bond acceptors (Lipinski definition) is 15. The molecule has 16 heteroatoms. The number of ether oxygens (including phenoxy) is 6. The quantitative estimate of drug-likeness (QED) is 0.108. The molecule has 1 radical (unpaired) electrons. The summed E-state index contributed by atoms with van der Waals surface area (Å²) in [4.78, 5) is 0. The first-order valence-corrected chi connectivity index (χ1v) is 10.7. The van der Waals surface area contributed by atoms with E-state index in [9.17, 15) is 46.0 Å². The van der Waals surface area contributed by atoms with Gasteiger partial charge in [-0.2, -0.15) is 0 Å². The van der Waals surface area contributed by atoms with Gasteiger partial charge in [-0.3, -0.25) is 0 Å². The first kappa shape index (κ1) is 31.3. The van der Waals surface area contributed by atoms with E-state index in [-0.39, 0.29) is 20.4 Å². The Labute approximate surface area is 214 Å². The summed E-state index contributed by atoms with van der Waals surface area (Å²) in [5.41, 5.74) is 0. The zero-order valence-corrected chi connectivity index (χ0v) is 21.3. The molecule has 0 aliphatic carbocycles. The van der Waals surface area contributed by atoms with Crippen molar-refractivity contribution >= 4 is 0 Å². The summed E-state index contributed by atoms with van der Waals surface area (Å²) in [6.45, 7) is -2.01. The third-order valence-electron chi connectivity index (χ3n) is 6.03. The minimum Gasteiger partial charge on any atom is -0.422 e. The predicted molar refractivity (Wildman–Crippen MR) is 104 cm³/mol. The second-order valence-electron chi connectivity index (χ2n) is 8.25. The fourth-order valence-electron chi connectivity index (χ4n) is 4.08. The molecule has 0 aromatic heterocycles. The normalized spacial score (nSPS) is 48.9. The fourth-order valence-corrected chi connectivity index (χ4v) is 4.08. The average molecular weight is 688 g/mol. The molecule has 0 spiro atoms. The first-order chi connectivity index (χ1) is 16.2. The van der Waals surface area contributed by atoms with Gasteiger partial charge in [-0.05, 0) is 6.10 Å². The van der Waals surface area contributed by atoms with Crippen molar-refractivity contribution in [2.45, 2.75) is 86.0 Å². The molecule has 0 bridgehead atoms. The van der Waals surface area contributed by atoms with Crippen LogP contribution in [0.2, 0.25) is 0 Å². The maximum atomic E-state index is 10.6. The Morgan fingerprint density at radius 2 is 1.11 bits per heavy atom. The van der Waals surface area contributed by atoms with Crippen molar-refractivity contribution in [3.8, 4) is 0 Å². The number of aliphatic hydroxyl groups excluding tert-OH is 9. The van der Waals surface area contributed by atoms with E-state index in [0.29, 0.717) is 0 Å². The van der Waals surface area contributed by atoms with Crippen LogP contribution in [-0.2, 0) is 48.8 Å².